The molecule has 6 heteroatoms. The number of ether oxygens (including phenoxy) is 1. The minimum absolute atomic E-state index is 0.101. The maximum atomic E-state index is 12.9. The molecule has 3 aromatic rings. The molecule has 0 radical (unpaired) electrons. The van der Waals surface area contributed by atoms with E-state index in [1.165, 1.54) is 11.1 Å². The van der Waals surface area contributed by atoms with E-state index in [0.29, 0.717) is 24.5 Å². The number of piperazine rings is 1. The molecule has 3 aromatic carbocycles. The molecule has 0 aliphatic carbocycles. The van der Waals surface area contributed by atoms with Gasteiger partial charge in [-0.25, -0.2) is 4.79 Å². The second-order valence-electron chi connectivity index (χ2n) is 8.02. The Kier molecular flexibility index (Phi) is 6.98. The van der Waals surface area contributed by atoms with Crippen LogP contribution in [0.15, 0.2) is 72.8 Å². The largest absolute Gasteiger partial charge is 0.495 e. The van der Waals surface area contributed by atoms with Gasteiger partial charge in [0, 0.05) is 31.2 Å². The SMILES string of the molecule is COc1ccc(C)cc1NC(=O)N1CCN([C@H](c2ccccc2)c2ccc(Cl)cc2)CC1. The number of methoxy groups -OCH3 is 1. The Morgan fingerprint density at radius 3 is 2.25 bits per heavy atom. The number of aryl methyl sites for hydroxylation is 1. The van der Waals surface area contributed by atoms with Crippen molar-refractivity contribution in [3.8, 4) is 5.75 Å². The van der Waals surface area contributed by atoms with E-state index >= 15 is 0 Å². The molecule has 1 heterocycles. The van der Waals surface area contributed by atoms with Crippen molar-refractivity contribution in [2.24, 2.45) is 0 Å². The summed E-state index contributed by atoms with van der Waals surface area (Å²) < 4.78 is 5.39. The summed E-state index contributed by atoms with van der Waals surface area (Å²) in [7, 11) is 1.61. The summed E-state index contributed by atoms with van der Waals surface area (Å²) in [6, 6.07) is 24.3. The highest BCUT2D eigenvalue weighted by Gasteiger charge is 2.28. The Hall–Kier alpha value is -3.02. The Bertz CT molecular complexity index is 1050. The van der Waals surface area contributed by atoms with E-state index in [2.05, 4.69) is 46.6 Å². The maximum absolute atomic E-state index is 12.9. The van der Waals surface area contributed by atoms with Crippen molar-refractivity contribution in [1.29, 1.82) is 0 Å². The van der Waals surface area contributed by atoms with Crippen LogP contribution in [0.2, 0.25) is 5.02 Å². The normalized spacial score (nSPS) is 15.3. The maximum Gasteiger partial charge on any atom is 0.322 e. The molecule has 1 aliphatic rings. The van der Waals surface area contributed by atoms with Gasteiger partial charge in [0.05, 0.1) is 18.8 Å². The average molecular weight is 450 g/mol. The number of benzene rings is 3. The molecule has 0 unspecified atom stereocenters. The minimum atomic E-state index is -0.101. The van der Waals surface area contributed by atoms with Crippen LogP contribution in [-0.2, 0) is 0 Å². The number of rotatable bonds is 5. The van der Waals surface area contributed by atoms with Crippen molar-refractivity contribution < 1.29 is 9.53 Å². The number of anilines is 1. The zero-order valence-corrected chi connectivity index (χ0v) is 19.2. The van der Waals surface area contributed by atoms with E-state index in [1.807, 2.05) is 48.2 Å². The van der Waals surface area contributed by atoms with Crippen LogP contribution in [0.3, 0.4) is 0 Å². The van der Waals surface area contributed by atoms with Crippen LogP contribution >= 0.6 is 11.6 Å². The average Bonchev–Trinajstić information content (AvgIpc) is 2.82. The summed E-state index contributed by atoms with van der Waals surface area (Å²) in [6.07, 6.45) is 0. The molecule has 5 nitrogen and oxygen atoms in total. The second kappa shape index (κ2) is 10.1. The lowest BCUT2D eigenvalue weighted by Gasteiger charge is -2.39. The van der Waals surface area contributed by atoms with Crippen molar-refractivity contribution >= 4 is 23.3 Å². The fourth-order valence-corrected chi connectivity index (χ4v) is 4.32. The van der Waals surface area contributed by atoms with Crippen LogP contribution < -0.4 is 10.1 Å². The van der Waals surface area contributed by atoms with Gasteiger partial charge in [0.2, 0.25) is 0 Å². The lowest BCUT2D eigenvalue weighted by atomic mass is 9.96. The first kappa shape index (κ1) is 22.2. The summed E-state index contributed by atoms with van der Waals surface area (Å²) >= 11 is 6.13. The molecular formula is C26H28ClN3O2. The number of halogens is 1. The van der Waals surface area contributed by atoms with Crippen LogP contribution in [0.5, 0.6) is 5.75 Å². The third kappa shape index (κ3) is 5.06. The molecule has 1 fully saturated rings. The van der Waals surface area contributed by atoms with Gasteiger partial charge in [-0.3, -0.25) is 4.90 Å². The zero-order valence-electron chi connectivity index (χ0n) is 18.4. The van der Waals surface area contributed by atoms with Gasteiger partial charge in [0.15, 0.2) is 0 Å². The molecule has 166 valence electrons. The Morgan fingerprint density at radius 1 is 0.938 bits per heavy atom. The fourth-order valence-electron chi connectivity index (χ4n) is 4.19. The first-order valence-corrected chi connectivity index (χ1v) is 11.2. The van der Waals surface area contributed by atoms with E-state index in [9.17, 15) is 4.79 Å². The van der Waals surface area contributed by atoms with Gasteiger partial charge in [0.1, 0.15) is 5.75 Å². The standard InChI is InChI=1S/C26H28ClN3O2/c1-19-8-13-24(32-2)23(18-19)28-26(31)30-16-14-29(15-17-30)25(20-6-4-3-5-7-20)21-9-11-22(27)12-10-21/h3-13,18,25H,14-17H2,1-2H3,(H,28,31)/t25-/m1/s1. The fraction of sp³-hybridized carbons (Fsp3) is 0.269. The summed E-state index contributed by atoms with van der Waals surface area (Å²) in [6.45, 7) is 4.85. The van der Waals surface area contributed by atoms with E-state index in [-0.39, 0.29) is 12.1 Å². The summed E-state index contributed by atoms with van der Waals surface area (Å²) in [5.41, 5.74) is 4.20. The van der Waals surface area contributed by atoms with Crippen LogP contribution in [-0.4, -0.2) is 49.1 Å². The molecular weight excluding hydrogens is 422 g/mol. The highest BCUT2D eigenvalue weighted by molar-refractivity contribution is 6.30. The Labute approximate surface area is 194 Å². The molecule has 1 atom stereocenters. The van der Waals surface area contributed by atoms with Crippen molar-refractivity contribution in [1.82, 2.24) is 9.80 Å². The third-order valence-corrected chi connectivity index (χ3v) is 6.12. The first-order chi connectivity index (χ1) is 15.5. The van der Waals surface area contributed by atoms with Crippen molar-refractivity contribution in [3.63, 3.8) is 0 Å². The highest BCUT2D eigenvalue weighted by Crippen LogP contribution is 2.31. The molecule has 0 aromatic heterocycles. The number of carbonyl (C=O) groups excluding carboxylic acids is 1. The number of nitrogens with one attached hydrogen (secondary N) is 1. The molecule has 4 rings (SSSR count). The van der Waals surface area contributed by atoms with Gasteiger partial charge in [-0.05, 0) is 47.9 Å². The monoisotopic (exact) mass is 449 g/mol. The number of hydrogen-bond acceptors (Lipinski definition) is 3. The molecule has 2 amide bonds. The molecule has 0 bridgehead atoms. The number of hydrogen-bond donors (Lipinski definition) is 1. The molecule has 1 aliphatic heterocycles. The smallest absolute Gasteiger partial charge is 0.322 e. The quantitative estimate of drug-likeness (QED) is 0.551. The summed E-state index contributed by atoms with van der Waals surface area (Å²) in [5.74, 6) is 0.662. The topological polar surface area (TPSA) is 44.8 Å². The summed E-state index contributed by atoms with van der Waals surface area (Å²) in [5, 5.41) is 3.74. The lowest BCUT2D eigenvalue weighted by Crippen LogP contribution is -2.51. The molecule has 0 saturated carbocycles. The van der Waals surface area contributed by atoms with E-state index in [0.717, 1.165) is 23.7 Å². The first-order valence-electron chi connectivity index (χ1n) is 10.8. The highest BCUT2D eigenvalue weighted by atomic mass is 35.5. The van der Waals surface area contributed by atoms with Crippen molar-refractivity contribution in [2.45, 2.75) is 13.0 Å². The van der Waals surface area contributed by atoms with Gasteiger partial charge in [0.25, 0.3) is 0 Å². The van der Waals surface area contributed by atoms with Crippen molar-refractivity contribution in [3.05, 3.63) is 94.5 Å². The van der Waals surface area contributed by atoms with E-state index in [4.69, 9.17) is 16.3 Å². The number of carbonyl (C=O) groups is 1. The van der Waals surface area contributed by atoms with Gasteiger partial charge in [-0.15, -0.1) is 0 Å². The zero-order chi connectivity index (χ0) is 22.5. The van der Waals surface area contributed by atoms with E-state index in [1.54, 1.807) is 7.11 Å². The van der Waals surface area contributed by atoms with Crippen LogP contribution in [0.4, 0.5) is 10.5 Å². The van der Waals surface area contributed by atoms with Gasteiger partial charge < -0.3 is 15.0 Å². The molecule has 1 N–H and O–H groups in total. The Balaban J connectivity index is 1.47. The number of amides is 2. The van der Waals surface area contributed by atoms with E-state index < -0.39 is 0 Å². The molecule has 1 saturated heterocycles. The van der Waals surface area contributed by atoms with Gasteiger partial charge >= 0.3 is 6.03 Å². The van der Waals surface area contributed by atoms with Crippen LogP contribution in [0, 0.1) is 6.92 Å². The number of nitrogens with zero attached hydrogens (tertiary/aromatic N) is 2. The Morgan fingerprint density at radius 2 is 1.59 bits per heavy atom. The van der Waals surface area contributed by atoms with Gasteiger partial charge in [-0.1, -0.05) is 60.1 Å². The second-order valence-corrected chi connectivity index (χ2v) is 8.46. The third-order valence-electron chi connectivity index (χ3n) is 5.86. The predicted octanol–water partition coefficient (Wildman–Crippen LogP) is 5.60. The van der Waals surface area contributed by atoms with Crippen molar-refractivity contribution in [2.75, 3.05) is 38.6 Å². The van der Waals surface area contributed by atoms with Crippen LogP contribution in [0.1, 0.15) is 22.7 Å². The molecule has 0 spiro atoms. The molecule has 32 heavy (non-hydrogen) atoms. The predicted molar refractivity (Wildman–Crippen MR) is 130 cm³/mol. The lowest BCUT2D eigenvalue weighted by molar-refractivity contribution is 0.126. The summed E-state index contributed by atoms with van der Waals surface area (Å²) in [4.78, 5) is 17.2. The number of urea groups is 1. The minimum Gasteiger partial charge on any atom is -0.495 e. The van der Waals surface area contributed by atoms with Gasteiger partial charge in [-0.2, -0.15) is 0 Å². The van der Waals surface area contributed by atoms with Crippen LogP contribution in [0.25, 0.3) is 0 Å².